The quantitative estimate of drug-likeness (QED) is 0.756. The van der Waals surface area contributed by atoms with Crippen molar-refractivity contribution in [2.24, 2.45) is 11.8 Å². The van der Waals surface area contributed by atoms with Crippen molar-refractivity contribution < 1.29 is 18.8 Å². The molecule has 1 aromatic carbocycles. The normalized spacial score (nSPS) is 25.9. The number of hydrogen-bond donors (Lipinski definition) is 1. The molecule has 0 radical (unpaired) electrons. The minimum atomic E-state index is -0.387. The zero-order chi connectivity index (χ0) is 20.4. The number of fused-ring (bicyclic) bond motifs is 1. The maximum absolute atomic E-state index is 13.2. The second-order valence-electron chi connectivity index (χ2n) is 8.20. The van der Waals surface area contributed by atoms with Crippen LogP contribution in [0.25, 0.3) is 0 Å². The van der Waals surface area contributed by atoms with Crippen molar-refractivity contribution in [1.82, 2.24) is 14.7 Å². The average Bonchev–Trinajstić information content (AvgIpc) is 2.94. The van der Waals surface area contributed by atoms with Crippen LogP contribution in [0.5, 0.6) is 0 Å². The van der Waals surface area contributed by atoms with Gasteiger partial charge in [0.15, 0.2) is 0 Å². The predicted octanol–water partition coefficient (Wildman–Crippen LogP) is 1.51. The Hall–Kier alpha value is -2.32. The first kappa shape index (κ1) is 20.0. The third-order valence-electron chi connectivity index (χ3n) is 6.21. The maximum atomic E-state index is 13.2. The molecule has 1 aromatic rings. The molecule has 4 rings (SSSR count). The molecule has 2 saturated heterocycles. The van der Waals surface area contributed by atoms with Crippen molar-refractivity contribution in [1.29, 1.82) is 0 Å². The lowest BCUT2D eigenvalue weighted by molar-refractivity contribution is -0.142. The molecule has 1 aliphatic carbocycles. The van der Waals surface area contributed by atoms with Gasteiger partial charge in [0.2, 0.25) is 17.7 Å². The summed E-state index contributed by atoms with van der Waals surface area (Å²) in [4.78, 5) is 43.0. The minimum Gasteiger partial charge on any atom is -0.325 e. The number of carbonyl (C=O) groups excluding carboxylic acids is 3. The van der Waals surface area contributed by atoms with Gasteiger partial charge in [0.25, 0.3) is 0 Å². The standard InChI is InChI=1S/C21H27FN4O3/c22-15-4-3-5-16(12-15)23-19(27)13-24-8-10-25(11-9-24)14-26-20(28)17-6-1-2-7-18(17)21(26)29/h3-5,12,17-18H,1-2,6-11,13-14H2,(H,23,27)/t17-,18-/m0/s1. The number of piperazine rings is 1. The first-order chi connectivity index (χ1) is 14.0. The van der Waals surface area contributed by atoms with Crippen molar-refractivity contribution >= 4 is 23.4 Å². The van der Waals surface area contributed by atoms with E-state index in [2.05, 4.69) is 10.2 Å². The number of hydrogen-bond acceptors (Lipinski definition) is 5. The first-order valence-electron chi connectivity index (χ1n) is 10.4. The first-order valence-corrected chi connectivity index (χ1v) is 10.4. The van der Waals surface area contributed by atoms with E-state index in [0.29, 0.717) is 38.5 Å². The number of imide groups is 1. The molecule has 1 N–H and O–H groups in total. The molecular formula is C21H27FN4O3. The maximum Gasteiger partial charge on any atom is 0.238 e. The van der Waals surface area contributed by atoms with E-state index < -0.39 is 0 Å². The summed E-state index contributed by atoms with van der Waals surface area (Å²) in [5, 5.41) is 2.71. The van der Waals surface area contributed by atoms with Gasteiger partial charge in [-0.05, 0) is 31.0 Å². The Labute approximate surface area is 169 Å². The Morgan fingerprint density at radius 2 is 1.62 bits per heavy atom. The Kier molecular flexibility index (Phi) is 5.91. The Morgan fingerprint density at radius 1 is 1.00 bits per heavy atom. The fraction of sp³-hybridized carbons (Fsp3) is 0.571. The molecule has 8 heteroatoms. The molecule has 0 aromatic heterocycles. The molecule has 3 aliphatic rings. The molecule has 29 heavy (non-hydrogen) atoms. The van der Waals surface area contributed by atoms with Crippen molar-refractivity contribution in [3.05, 3.63) is 30.1 Å². The second kappa shape index (κ2) is 8.59. The number of carbonyl (C=O) groups is 3. The molecule has 7 nitrogen and oxygen atoms in total. The summed E-state index contributed by atoms with van der Waals surface area (Å²) in [6.45, 7) is 3.34. The van der Waals surface area contributed by atoms with Crippen LogP contribution in [0.4, 0.5) is 10.1 Å². The monoisotopic (exact) mass is 402 g/mol. The third kappa shape index (κ3) is 4.48. The molecule has 2 heterocycles. The fourth-order valence-corrected chi connectivity index (χ4v) is 4.63. The summed E-state index contributed by atoms with van der Waals surface area (Å²) in [7, 11) is 0. The van der Waals surface area contributed by atoms with Gasteiger partial charge in [0.1, 0.15) is 5.82 Å². The van der Waals surface area contributed by atoms with Crippen molar-refractivity contribution in [3.63, 3.8) is 0 Å². The molecule has 2 aliphatic heterocycles. The van der Waals surface area contributed by atoms with Crippen molar-refractivity contribution in [2.45, 2.75) is 25.7 Å². The van der Waals surface area contributed by atoms with Crippen LogP contribution in [-0.4, -0.2) is 71.8 Å². The Morgan fingerprint density at radius 3 is 2.24 bits per heavy atom. The van der Waals surface area contributed by atoms with Gasteiger partial charge in [-0.1, -0.05) is 18.9 Å². The predicted molar refractivity (Wildman–Crippen MR) is 105 cm³/mol. The third-order valence-corrected chi connectivity index (χ3v) is 6.21. The number of amides is 3. The van der Waals surface area contributed by atoms with E-state index in [1.54, 1.807) is 12.1 Å². The molecule has 0 unspecified atom stereocenters. The van der Waals surface area contributed by atoms with Crippen molar-refractivity contribution in [3.8, 4) is 0 Å². The highest BCUT2D eigenvalue weighted by atomic mass is 19.1. The number of rotatable bonds is 5. The number of halogens is 1. The van der Waals surface area contributed by atoms with E-state index in [1.807, 2.05) is 4.90 Å². The molecule has 156 valence electrons. The Bertz CT molecular complexity index is 770. The largest absolute Gasteiger partial charge is 0.325 e. The van der Waals surface area contributed by atoms with Gasteiger partial charge in [-0.25, -0.2) is 4.39 Å². The zero-order valence-corrected chi connectivity index (χ0v) is 16.5. The highest BCUT2D eigenvalue weighted by Gasteiger charge is 2.48. The van der Waals surface area contributed by atoms with E-state index in [0.717, 1.165) is 25.7 Å². The molecular weight excluding hydrogens is 375 g/mol. The molecule has 3 amide bonds. The van der Waals surface area contributed by atoms with Gasteiger partial charge in [-0.2, -0.15) is 0 Å². The minimum absolute atomic E-state index is 0.00315. The molecule has 1 saturated carbocycles. The van der Waals surface area contributed by atoms with Crippen LogP contribution in [0.2, 0.25) is 0 Å². The molecule has 0 spiro atoms. The summed E-state index contributed by atoms with van der Waals surface area (Å²) in [5.74, 6) is -0.790. The number of nitrogens with zero attached hydrogens (tertiary/aromatic N) is 3. The highest BCUT2D eigenvalue weighted by Crippen LogP contribution is 2.38. The number of benzene rings is 1. The van der Waals surface area contributed by atoms with E-state index in [1.165, 1.54) is 17.0 Å². The lowest BCUT2D eigenvalue weighted by Gasteiger charge is -2.35. The number of anilines is 1. The fourth-order valence-electron chi connectivity index (χ4n) is 4.63. The van der Waals surface area contributed by atoms with Crippen LogP contribution in [-0.2, 0) is 14.4 Å². The molecule has 2 atom stereocenters. The van der Waals surface area contributed by atoms with E-state index in [-0.39, 0.29) is 41.9 Å². The SMILES string of the molecule is O=C(CN1CCN(CN2C(=O)[C@H]3CCCC[C@@H]3C2=O)CC1)Nc1cccc(F)c1. The van der Waals surface area contributed by atoms with Gasteiger partial charge in [-0.15, -0.1) is 0 Å². The summed E-state index contributed by atoms with van der Waals surface area (Å²) < 4.78 is 13.2. The Balaban J connectivity index is 1.24. The van der Waals surface area contributed by atoms with Crippen LogP contribution in [0.3, 0.4) is 0 Å². The summed E-state index contributed by atoms with van der Waals surface area (Å²) in [6, 6.07) is 5.83. The smallest absolute Gasteiger partial charge is 0.238 e. The van der Waals surface area contributed by atoms with Crippen LogP contribution in [0.15, 0.2) is 24.3 Å². The van der Waals surface area contributed by atoms with Gasteiger partial charge in [-0.3, -0.25) is 29.1 Å². The van der Waals surface area contributed by atoms with Gasteiger partial charge in [0.05, 0.1) is 25.0 Å². The topological polar surface area (TPSA) is 73.0 Å². The van der Waals surface area contributed by atoms with Gasteiger partial charge >= 0.3 is 0 Å². The number of nitrogens with one attached hydrogen (secondary N) is 1. The van der Waals surface area contributed by atoms with Crippen molar-refractivity contribution in [2.75, 3.05) is 44.7 Å². The number of likely N-dealkylation sites (tertiary alicyclic amines) is 1. The lowest BCUT2D eigenvalue weighted by Crippen LogP contribution is -2.52. The summed E-state index contributed by atoms with van der Waals surface area (Å²) in [6.07, 6.45) is 3.73. The lowest BCUT2D eigenvalue weighted by atomic mass is 9.81. The molecule has 0 bridgehead atoms. The zero-order valence-electron chi connectivity index (χ0n) is 16.5. The van der Waals surface area contributed by atoms with Crippen LogP contribution in [0, 0.1) is 17.7 Å². The van der Waals surface area contributed by atoms with E-state index in [9.17, 15) is 18.8 Å². The van der Waals surface area contributed by atoms with E-state index in [4.69, 9.17) is 0 Å². The second-order valence-corrected chi connectivity index (χ2v) is 8.20. The van der Waals surface area contributed by atoms with Crippen LogP contribution < -0.4 is 5.32 Å². The summed E-state index contributed by atoms with van der Waals surface area (Å²) in [5.41, 5.74) is 0.446. The summed E-state index contributed by atoms with van der Waals surface area (Å²) >= 11 is 0. The van der Waals surface area contributed by atoms with Crippen LogP contribution in [0.1, 0.15) is 25.7 Å². The van der Waals surface area contributed by atoms with Gasteiger partial charge in [0, 0.05) is 31.9 Å². The average molecular weight is 402 g/mol. The highest BCUT2D eigenvalue weighted by molar-refractivity contribution is 6.05. The molecule has 3 fully saturated rings. The van der Waals surface area contributed by atoms with Gasteiger partial charge < -0.3 is 5.32 Å². The van der Waals surface area contributed by atoms with Crippen LogP contribution >= 0.6 is 0 Å². The van der Waals surface area contributed by atoms with E-state index >= 15 is 0 Å².